The number of hydrogen-bond acceptors (Lipinski definition) is 3. The van der Waals surface area contributed by atoms with Crippen molar-refractivity contribution < 1.29 is 4.79 Å². The highest BCUT2D eigenvalue weighted by molar-refractivity contribution is 9.10. The van der Waals surface area contributed by atoms with E-state index in [-0.39, 0.29) is 18.0 Å². The third-order valence-electron chi connectivity index (χ3n) is 4.32. The van der Waals surface area contributed by atoms with E-state index in [0.29, 0.717) is 5.56 Å². The molecule has 1 aromatic heterocycles. The molecule has 5 heteroatoms. The van der Waals surface area contributed by atoms with Crippen molar-refractivity contribution in [2.24, 2.45) is 0 Å². The van der Waals surface area contributed by atoms with Gasteiger partial charge in [0, 0.05) is 15.4 Å². The fourth-order valence-corrected chi connectivity index (χ4v) is 4.66. The molecule has 1 fully saturated rings. The summed E-state index contributed by atoms with van der Waals surface area (Å²) in [4.78, 5) is 16.4. The number of carbonyl (C=O) groups excluding carboxylic acids is 1. The molecule has 1 aromatic carbocycles. The number of benzene rings is 1. The Morgan fingerprint density at radius 3 is 2.61 bits per heavy atom. The lowest BCUT2D eigenvalue weighted by Crippen LogP contribution is -2.43. The van der Waals surface area contributed by atoms with Crippen LogP contribution in [0.4, 0.5) is 0 Å². The van der Waals surface area contributed by atoms with E-state index in [1.807, 2.05) is 24.3 Å². The third-order valence-corrected chi connectivity index (χ3v) is 5.95. The van der Waals surface area contributed by atoms with Crippen molar-refractivity contribution in [1.82, 2.24) is 10.2 Å². The van der Waals surface area contributed by atoms with Gasteiger partial charge in [0.05, 0.1) is 11.6 Å². The van der Waals surface area contributed by atoms with Gasteiger partial charge >= 0.3 is 0 Å². The van der Waals surface area contributed by atoms with Crippen molar-refractivity contribution in [2.75, 3.05) is 13.1 Å². The van der Waals surface area contributed by atoms with E-state index in [0.717, 1.165) is 17.6 Å². The molecule has 2 atom stereocenters. The molecule has 23 heavy (non-hydrogen) atoms. The van der Waals surface area contributed by atoms with Gasteiger partial charge in [-0.25, -0.2) is 0 Å². The second kappa shape index (κ2) is 7.60. The van der Waals surface area contributed by atoms with Gasteiger partial charge in [-0.1, -0.05) is 18.2 Å². The molecule has 1 N–H and O–H groups in total. The predicted octanol–water partition coefficient (Wildman–Crippen LogP) is 4.47. The zero-order valence-corrected chi connectivity index (χ0v) is 15.6. The van der Waals surface area contributed by atoms with Gasteiger partial charge in [0.2, 0.25) is 0 Å². The summed E-state index contributed by atoms with van der Waals surface area (Å²) in [5.41, 5.74) is 0.686. The number of hydrogen-bond donors (Lipinski definition) is 1. The lowest BCUT2D eigenvalue weighted by atomic mass is 10.1. The van der Waals surface area contributed by atoms with Gasteiger partial charge in [-0.05, 0) is 72.4 Å². The minimum atomic E-state index is -0.0225. The highest BCUT2D eigenvalue weighted by Crippen LogP contribution is 2.31. The number of nitrogens with one attached hydrogen (secondary N) is 1. The molecule has 0 saturated carbocycles. The Bertz CT molecular complexity index is 653. The maximum Gasteiger partial charge on any atom is 0.252 e. The van der Waals surface area contributed by atoms with Gasteiger partial charge in [0.25, 0.3) is 5.91 Å². The summed E-state index contributed by atoms with van der Waals surface area (Å²) in [7, 11) is 0. The van der Waals surface area contributed by atoms with E-state index in [4.69, 9.17) is 0 Å². The zero-order chi connectivity index (χ0) is 16.2. The smallest absolute Gasteiger partial charge is 0.252 e. The minimum Gasteiger partial charge on any atom is -0.348 e. The Morgan fingerprint density at radius 1 is 1.22 bits per heavy atom. The third kappa shape index (κ3) is 3.84. The fraction of sp³-hybridized carbons (Fsp3) is 0.389. The quantitative estimate of drug-likeness (QED) is 0.813. The number of carbonyl (C=O) groups is 1. The highest BCUT2D eigenvalue weighted by atomic mass is 79.9. The van der Waals surface area contributed by atoms with Crippen molar-refractivity contribution in [3.8, 4) is 0 Å². The van der Waals surface area contributed by atoms with Crippen LogP contribution in [0.25, 0.3) is 0 Å². The normalized spacial score (nSPS) is 17.8. The molecule has 0 aliphatic carbocycles. The van der Waals surface area contributed by atoms with Crippen molar-refractivity contribution in [3.63, 3.8) is 0 Å². The molecule has 1 aliphatic heterocycles. The molecule has 3 nitrogen and oxygen atoms in total. The molecule has 2 heterocycles. The van der Waals surface area contributed by atoms with E-state index in [2.05, 4.69) is 50.6 Å². The SMILES string of the molecule is C[C@@H](NC(=O)c1ccccc1Br)[C@H](c1cccs1)N1CCCC1. The number of likely N-dealkylation sites (tertiary alicyclic amines) is 1. The Labute approximate surface area is 149 Å². The standard InChI is InChI=1S/C18H21BrN2OS/c1-13(20-18(22)14-7-2-3-8-15(14)19)17(16-9-6-12-23-16)21-10-4-5-11-21/h2-3,6-9,12-13,17H,4-5,10-11H2,1H3,(H,20,22)/t13-,17-/m1/s1. The van der Waals surface area contributed by atoms with Crippen LogP contribution in [0.3, 0.4) is 0 Å². The molecule has 1 saturated heterocycles. The molecule has 0 spiro atoms. The van der Waals surface area contributed by atoms with Gasteiger partial charge in [-0.15, -0.1) is 11.3 Å². The molecular weight excluding hydrogens is 372 g/mol. The lowest BCUT2D eigenvalue weighted by molar-refractivity contribution is 0.0907. The first-order valence-electron chi connectivity index (χ1n) is 7.99. The number of nitrogens with zero attached hydrogens (tertiary/aromatic N) is 1. The van der Waals surface area contributed by atoms with Crippen LogP contribution in [0.2, 0.25) is 0 Å². The summed E-state index contributed by atoms with van der Waals surface area (Å²) in [6, 6.07) is 12.1. The van der Waals surface area contributed by atoms with Crippen molar-refractivity contribution in [3.05, 3.63) is 56.7 Å². The van der Waals surface area contributed by atoms with Gasteiger partial charge < -0.3 is 5.32 Å². The van der Waals surface area contributed by atoms with Crippen LogP contribution in [0, 0.1) is 0 Å². The van der Waals surface area contributed by atoms with E-state index in [1.54, 1.807) is 11.3 Å². The number of halogens is 1. The molecular formula is C18H21BrN2OS. The predicted molar refractivity (Wildman–Crippen MR) is 98.9 cm³/mol. The van der Waals surface area contributed by atoms with Crippen molar-refractivity contribution >= 4 is 33.2 Å². The highest BCUT2D eigenvalue weighted by Gasteiger charge is 2.30. The van der Waals surface area contributed by atoms with E-state index in [9.17, 15) is 4.79 Å². The van der Waals surface area contributed by atoms with Gasteiger partial charge in [0.1, 0.15) is 0 Å². The molecule has 0 radical (unpaired) electrons. The number of amides is 1. The molecule has 3 rings (SSSR count). The maximum absolute atomic E-state index is 12.6. The first-order chi connectivity index (χ1) is 11.2. The van der Waals surface area contributed by atoms with Crippen LogP contribution in [0.15, 0.2) is 46.3 Å². The summed E-state index contributed by atoms with van der Waals surface area (Å²) >= 11 is 5.23. The van der Waals surface area contributed by atoms with Gasteiger partial charge in [0.15, 0.2) is 0 Å². The van der Waals surface area contributed by atoms with Crippen LogP contribution in [-0.2, 0) is 0 Å². The molecule has 2 aromatic rings. The van der Waals surface area contributed by atoms with E-state index < -0.39 is 0 Å². The summed E-state index contributed by atoms with van der Waals surface area (Å²) in [6.07, 6.45) is 2.49. The van der Waals surface area contributed by atoms with Crippen LogP contribution in [0.5, 0.6) is 0 Å². The second-order valence-corrected chi connectivity index (χ2v) is 7.78. The average molecular weight is 393 g/mol. The minimum absolute atomic E-state index is 0.0225. The summed E-state index contributed by atoms with van der Waals surface area (Å²) in [6.45, 7) is 4.33. The Hall–Kier alpha value is -1.17. The Balaban J connectivity index is 1.77. The lowest BCUT2D eigenvalue weighted by Gasteiger charge is -2.32. The molecule has 1 aliphatic rings. The molecule has 122 valence electrons. The van der Waals surface area contributed by atoms with Crippen LogP contribution >= 0.6 is 27.3 Å². The first kappa shape index (κ1) is 16.7. The molecule has 1 amide bonds. The van der Waals surface area contributed by atoms with Crippen molar-refractivity contribution in [1.29, 1.82) is 0 Å². The van der Waals surface area contributed by atoms with E-state index >= 15 is 0 Å². The fourth-order valence-electron chi connectivity index (χ4n) is 3.23. The van der Waals surface area contributed by atoms with Gasteiger partial charge in [-0.3, -0.25) is 9.69 Å². The Kier molecular flexibility index (Phi) is 5.51. The molecule has 0 unspecified atom stereocenters. The topological polar surface area (TPSA) is 32.3 Å². The monoisotopic (exact) mass is 392 g/mol. The second-order valence-electron chi connectivity index (χ2n) is 5.95. The number of thiophene rings is 1. The average Bonchev–Trinajstić information content (AvgIpc) is 3.22. The maximum atomic E-state index is 12.6. The van der Waals surface area contributed by atoms with Crippen molar-refractivity contribution in [2.45, 2.75) is 31.8 Å². The number of rotatable bonds is 5. The Morgan fingerprint density at radius 2 is 1.96 bits per heavy atom. The summed E-state index contributed by atoms with van der Waals surface area (Å²) in [5, 5.41) is 5.31. The van der Waals surface area contributed by atoms with Crippen LogP contribution < -0.4 is 5.32 Å². The van der Waals surface area contributed by atoms with Crippen LogP contribution in [-0.4, -0.2) is 29.9 Å². The molecule has 0 bridgehead atoms. The summed E-state index contributed by atoms with van der Waals surface area (Å²) in [5.74, 6) is -0.0225. The zero-order valence-electron chi connectivity index (χ0n) is 13.2. The van der Waals surface area contributed by atoms with Gasteiger partial charge in [-0.2, -0.15) is 0 Å². The van der Waals surface area contributed by atoms with Crippen LogP contribution in [0.1, 0.15) is 41.0 Å². The largest absolute Gasteiger partial charge is 0.348 e. The van der Waals surface area contributed by atoms with E-state index in [1.165, 1.54) is 17.7 Å². The summed E-state index contributed by atoms with van der Waals surface area (Å²) < 4.78 is 0.832. The first-order valence-corrected chi connectivity index (χ1v) is 9.67.